The Hall–Kier alpha value is -4.39. The molecule has 224 valence electrons. The molecule has 1 aliphatic heterocycles. The van der Waals surface area contributed by atoms with Crippen LogP contribution in [0.25, 0.3) is 11.3 Å². The summed E-state index contributed by atoms with van der Waals surface area (Å²) in [6.07, 6.45) is 4.35. The lowest BCUT2D eigenvalue weighted by atomic mass is 9.94. The van der Waals surface area contributed by atoms with Gasteiger partial charge in [0.2, 0.25) is 0 Å². The molecular formula is C29H38N8O5. The first-order chi connectivity index (χ1) is 19.9. The third kappa shape index (κ3) is 6.10. The topological polar surface area (TPSA) is 150 Å². The Morgan fingerprint density at radius 3 is 2.69 bits per heavy atom. The standard InChI is InChI=1S/C29H38N8O5/c1-6-19-14-31-37-24(12-23(33-26(19)37)30-13-20-9-11-35(27(39)40)17-22(20)38)36(28(41)42-29(3,4)5)16-21-15-34-10-7-8-18(2)25(34)32-21/h7-8,10,12,14-15,20,22,38H,6,9,11,13,16-17H2,1-5H3,(H,30,33)(H,39,40)/t20-,22+/m1/s1. The van der Waals surface area contributed by atoms with Gasteiger partial charge in [-0.1, -0.05) is 13.0 Å². The van der Waals surface area contributed by atoms with Crippen molar-refractivity contribution in [2.75, 3.05) is 29.9 Å². The van der Waals surface area contributed by atoms with Gasteiger partial charge in [0.25, 0.3) is 0 Å². The van der Waals surface area contributed by atoms with Crippen molar-refractivity contribution in [3.8, 4) is 0 Å². The minimum atomic E-state index is -1.03. The van der Waals surface area contributed by atoms with Crippen LogP contribution in [-0.2, 0) is 17.7 Å². The van der Waals surface area contributed by atoms with Crippen molar-refractivity contribution in [3.63, 3.8) is 0 Å². The van der Waals surface area contributed by atoms with E-state index < -0.39 is 23.9 Å². The molecule has 13 heteroatoms. The molecule has 0 saturated carbocycles. The fourth-order valence-electron chi connectivity index (χ4n) is 5.15. The number of likely N-dealkylation sites (tertiary alicyclic amines) is 1. The summed E-state index contributed by atoms with van der Waals surface area (Å²) in [5.74, 6) is 0.784. The zero-order valence-corrected chi connectivity index (χ0v) is 24.6. The molecule has 5 heterocycles. The molecule has 4 aromatic heterocycles. The van der Waals surface area contributed by atoms with Crippen LogP contribution in [-0.4, -0.2) is 82.6 Å². The van der Waals surface area contributed by atoms with Crippen LogP contribution in [0.1, 0.15) is 50.9 Å². The van der Waals surface area contributed by atoms with Gasteiger partial charge in [-0.2, -0.15) is 9.61 Å². The van der Waals surface area contributed by atoms with Gasteiger partial charge in [-0.15, -0.1) is 0 Å². The fourth-order valence-corrected chi connectivity index (χ4v) is 5.15. The molecule has 2 amide bonds. The average Bonchev–Trinajstić information content (AvgIpc) is 3.54. The summed E-state index contributed by atoms with van der Waals surface area (Å²) < 4.78 is 9.39. The maximum Gasteiger partial charge on any atom is 0.416 e. The highest BCUT2D eigenvalue weighted by molar-refractivity contribution is 5.88. The highest BCUT2D eigenvalue weighted by Crippen LogP contribution is 2.27. The van der Waals surface area contributed by atoms with E-state index in [-0.39, 0.29) is 19.0 Å². The number of nitrogens with zero attached hydrogens (tertiary/aromatic N) is 7. The van der Waals surface area contributed by atoms with Gasteiger partial charge >= 0.3 is 12.2 Å². The molecule has 3 N–H and O–H groups in total. The van der Waals surface area contributed by atoms with E-state index >= 15 is 0 Å². The molecular weight excluding hydrogens is 540 g/mol. The number of rotatable bonds is 7. The van der Waals surface area contributed by atoms with E-state index in [1.165, 1.54) is 9.80 Å². The maximum atomic E-state index is 13.7. The van der Waals surface area contributed by atoms with E-state index in [0.29, 0.717) is 48.9 Å². The van der Waals surface area contributed by atoms with Crippen molar-refractivity contribution in [2.24, 2.45) is 5.92 Å². The Balaban J connectivity index is 1.51. The number of piperidine rings is 1. The van der Waals surface area contributed by atoms with Gasteiger partial charge in [0.1, 0.15) is 22.9 Å². The van der Waals surface area contributed by atoms with E-state index in [1.807, 2.05) is 63.5 Å². The molecule has 0 aliphatic carbocycles. The van der Waals surface area contributed by atoms with Gasteiger partial charge in [-0.3, -0.25) is 4.90 Å². The predicted molar refractivity (Wildman–Crippen MR) is 157 cm³/mol. The summed E-state index contributed by atoms with van der Waals surface area (Å²) in [5.41, 5.74) is 3.25. The Kier molecular flexibility index (Phi) is 7.95. The van der Waals surface area contributed by atoms with Gasteiger partial charge in [0.15, 0.2) is 5.65 Å². The van der Waals surface area contributed by atoms with Crippen LogP contribution in [0, 0.1) is 12.8 Å². The third-order valence-corrected chi connectivity index (χ3v) is 7.38. The van der Waals surface area contributed by atoms with Crippen LogP contribution < -0.4 is 10.2 Å². The number of fused-ring (bicyclic) bond motifs is 2. The summed E-state index contributed by atoms with van der Waals surface area (Å²) >= 11 is 0. The SMILES string of the molecule is CCc1cnn2c(N(Cc3cn4cccc(C)c4n3)C(=O)OC(C)(C)C)cc(NC[C@H]3CCN(C(=O)O)C[C@@H]3O)nc12. The number of amides is 2. The first kappa shape index (κ1) is 29.1. The molecule has 0 unspecified atom stereocenters. The van der Waals surface area contributed by atoms with Gasteiger partial charge < -0.3 is 29.6 Å². The van der Waals surface area contributed by atoms with Crippen LogP contribution in [0.5, 0.6) is 0 Å². The molecule has 42 heavy (non-hydrogen) atoms. The van der Waals surface area contributed by atoms with Crippen LogP contribution in [0.3, 0.4) is 0 Å². The van der Waals surface area contributed by atoms with Crippen molar-refractivity contribution in [2.45, 2.75) is 65.7 Å². The number of aliphatic hydroxyl groups excluding tert-OH is 1. The second-order valence-corrected chi connectivity index (χ2v) is 11.7. The van der Waals surface area contributed by atoms with E-state index in [2.05, 4.69) is 10.4 Å². The average molecular weight is 579 g/mol. The van der Waals surface area contributed by atoms with Gasteiger partial charge in [0, 0.05) is 43.0 Å². The Bertz CT molecular complexity index is 1610. The number of aliphatic hydroxyl groups is 1. The number of imidazole rings is 1. The number of pyridine rings is 1. The molecule has 5 rings (SSSR count). The quantitative estimate of drug-likeness (QED) is 0.296. The normalized spacial score (nSPS) is 17.5. The molecule has 1 saturated heterocycles. The molecule has 2 atom stereocenters. The summed E-state index contributed by atoms with van der Waals surface area (Å²) in [4.78, 5) is 37.3. The number of β-amino-alcohol motifs (C(OH)–C–C–N with tert-alkyl or cyclic N) is 1. The second-order valence-electron chi connectivity index (χ2n) is 11.7. The molecule has 0 bridgehead atoms. The molecule has 1 fully saturated rings. The van der Waals surface area contributed by atoms with Crippen molar-refractivity contribution in [1.29, 1.82) is 0 Å². The Morgan fingerprint density at radius 2 is 2.02 bits per heavy atom. The van der Waals surface area contributed by atoms with Crippen LogP contribution in [0.4, 0.5) is 21.2 Å². The predicted octanol–water partition coefficient (Wildman–Crippen LogP) is 3.96. The number of hydrogen-bond donors (Lipinski definition) is 3. The number of nitrogens with one attached hydrogen (secondary N) is 1. The number of carbonyl (C=O) groups excluding carboxylic acids is 1. The third-order valence-electron chi connectivity index (χ3n) is 7.38. The highest BCUT2D eigenvalue weighted by Gasteiger charge is 2.31. The summed E-state index contributed by atoms with van der Waals surface area (Å²) in [6.45, 7) is 10.4. The fraction of sp³-hybridized carbons (Fsp3) is 0.483. The number of aromatic nitrogens is 5. The molecule has 13 nitrogen and oxygen atoms in total. The lowest BCUT2D eigenvalue weighted by Crippen LogP contribution is -2.47. The number of hydrogen-bond acceptors (Lipinski definition) is 8. The lowest BCUT2D eigenvalue weighted by Gasteiger charge is -2.34. The zero-order chi connectivity index (χ0) is 30.2. The summed E-state index contributed by atoms with van der Waals surface area (Å²) in [5, 5.41) is 27.8. The van der Waals surface area contributed by atoms with Crippen LogP contribution >= 0.6 is 0 Å². The molecule has 0 radical (unpaired) electrons. The first-order valence-electron chi connectivity index (χ1n) is 14.1. The molecule has 4 aromatic rings. The molecule has 1 aliphatic rings. The summed E-state index contributed by atoms with van der Waals surface area (Å²) in [7, 11) is 0. The van der Waals surface area contributed by atoms with Gasteiger partial charge in [-0.05, 0) is 52.2 Å². The zero-order valence-electron chi connectivity index (χ0n) is 24.6. The number of anilines is 2. The maximum absolute atomic E-state index is 13.7. The van der Waals surface area contributed by atoms with Gasteiger partial charge in [-0.25, -0.2) is 19.6 Å². The largest absolute Gasteiger partial charge is 0.465 e. The Labute approximate surface area is 243 Å². The number of aryl methyl sites for hydroxylation is 2. The van der Waals surface area contributed by atoms with E-state index in [0.717, 1.165) is 16.8 Å². The van der Waals surface area contributed by atoms with Crippen molar-refractivity contribution < 1.29 is 24.5 Å². The smallest absolute Gasteiger partial charge is 0.416 e. The van der Waals surface area contributed by atoms with Crippen LogP contribution in [0.15, 0.2) is 36.8 Å². The second kappa shape index (κ2) is 11.5. The molecule has 0 aromatic carbocycles. The highest BCUT2D eigenvalue weighted by atomic mass is 16.6. The van der Waals surface area contributed by atoms with E-state index in [4.69, 9.17) is 14.7 Å². The minimum absolute atomic E-state index is 0.0624. The number of carboxylic acid groups (broad SMARTS) is 1. The molecule has 0 spiro atoms. The van der Waals surface area contributed by atoms with E-state index in [1.54, 1.807) is 16.8 Å². The summed E-state index contributed by atoms with van der Waals surface area (Å²) in [6, 6.07) is 5.67. The first-order valence-corrected chi connectivity index (χ1v) is 14.1. The van der Waals surface area contributed by atoms with Crippen molar-refractivity contribution >= 4 is 35.1 Å². The van der Waals surface area contributed by atoms with Crippen LogP contribution in [0.2, 0.25) is 0 Å². The minimum Gasteiger partial charge on any atom is -0.465 e. The van der Waals surface area contributed by atoms with E-state index in [9.17, 15) is 19.8 Å². The van der Waals surface area contributed by atoms with Crippen molar-refractivity contribution in [3.05, 3.63) is 53.6 Å². The Morgan fingerprint density at radius 1 is 1.24 bits per heavy atom. The van der Waals surface area contributed by atoms with Crippen molar-refractivity contribution in [1.82, 2.24) is 28.9 Å². The monoisotopic (exact) mass is 578 g/mol. The number of carbonyl (C=O) groups is 2. The van der Waals surface area contributed by atoms with Gasteiger partial charge in [0.05, 0.1) is 31.1 Å². The number of ether oxygens (including phenoxy) is 1. The lowest BCUT2D eigenvalue weighted by molar-refractivity contribution is 0.0294.